The first-order chi connectivity index (χ1) is 7.76. The third kappa shape index (κ3) is 3.06. The van der Waals surface area contributed by atoms with Gasteiger partial charge < -0.3 is 9.80 Å². The summed E-state index contributed by atoms with van der Waals surface area (Å²) in [6.45, 7) is 13.6. The maximum atomic E-state index is 2.28. The largest absolute Gasteiger partial charge is 0.303 e. The Morgan fingerprint density at radius 1 is 0.625 bits per heavy atom. The van der Waals surface area contributed by atoms with E-state index in [0.29, 0.717) is 0 Å². The van der Waals surface area contributed by atoms with Crippen molar-refractivity contribution in [2.45, 2.75) is 27.7 Å². The molecular weight excluding hydrogens is 196 g/mol. The second kappa shape index (κ2) is 6.66. The van der Waals surface area contributed by atoms with E-state index in [9.17, 15) is 0 Å². The Kier molecular flexibility index (Phi) is 5.50. The van der Waals surface area contributed by atoms with Crippen LogP contribution in [-0.4, -0.2) is 26.2 Å². The second-order valence-electron chi connectivity index (χ2n) is 4.20. The van der Waals surface area contributed by atoms with Gasteiger partial charge >= 0.3 is 0 Å². The van der Waals surface area contributed by atoms with E-state index in [1.165, 1.54) is 11.4 Å². The van der Waals surface area contributed by atoms with Gasteiger partial charge in [-0.15, -0.1) is 0 Å². The molecule has 0 amide bonds. The SMILES string of the molecule is CC[NH+](CC)c1ccc([NH+](CC)CC)cc1. The molecule has 0 saturated carbocycles. The number of hydrogen-bond acceptors (Lipinski definition) is 0. The van der Waals surface area contributed by atoms with E-state index in [2.05, 4.69) is 52.0 Å². The Hall–Kier alpha value is -0.860. The Morgan fingerprint density at radius 3 is 1.06 bits per heavy atom. The topological polar surface area (TPSA) is 8.88 Å². The highest BCUT2D eigenvalue weighted by Crippen LogP contribution is 2.06. The molecule has 0 spiro atoms. The highest BCUT2D eigenvalue weighted by atomic mass is 15.1. The molecule has 2 heteroatoms. The summed E-state index contributed by atoms with van der Waals surface area (Å²) in [4.78, 5) is 3.11. The zero-order chi connectivity index (χ0) is 12.0. The predicted molar refractivity (Wildman–Crippen MR) is 69.9 cm³/mol. The Bertz CT molecular complexity index is 253. The van der Waals surface area contributed by atoms with Crippen LogP contribution < -0.4 is 9.80 Å². The van der Waals surface area contributed by atoms with Crippen LogP contribution in [0.4, 0.5) is 11.4 Å². The molecule has 0 aromatic heterocycles. The van der Waals surface area contributed by atoms with Crippen LogP contribution in [0, 0.1) is 0 Å². The fraction of sp³-hybridized carbons (Fsp3) is 0.571. The molecule has 0 saturated heterocycles. The number of quaternary nitrogens is 2. The van der Waals surface area contributed by atoms with Crippen molar-refractivity contribution < 1.29 is 9.80 Å². The molecule has 0 aliphatic rings. The van der Waals surface area contributed by atoms with E-state index in [0.717, 1.165) is 26.2 Å². The van der Waals surface area contributed by atoms with Crippen LogP contribution in [0.2, 0.25) is 0 Å². The Balaban J connectivity index is 2.81. The monoisotopic (exact) mass is 222 g/mol. The first-order valence-corrected chi connectivity index (χ1v) is 6.56. The van der Waals surface area contributed by atoms with Gasteiger partial charge in [-0.2, -0.15) is 0 Å². The number of rotatable bonds is 6. The van der Waals surface area contributed by atoms with Crippen LogP contribution in [0.3, 0.4) is 0 Å². The van der Waals surface area contributed by atoms with Crippen LogP contribution in [0.15, 0.2) is 24.3 Å². The van der Waals surface area contributed by atoms with Crippen molar-refractivity contribution in [2.24, 2.45) is 0 Å². The average Bonchev–Trinajstić information content (AvgIpc) is 2.34. The molecule has 2 N–H and O–H groups in total. The quantitative estimate of drug-likeness (QED) is 0.704. The lowest BCUT2D eigenvalue weighted by atomic mass is 10.2. The van der Waals surface area contributed by atoms with Crippen molar-refractivity contribution in [1.82, 2.24) is 0 Å². The maximum absolute atomic E-state index is 2.28. The van der Waals surface area contributed by atoms with Gasteiger partial charge in [0.05, 0.1) is 26.2 Å². The van der Waals surface area contributed by atoms with Gasteiger partial charge in [0.1, 0.15) is 11.4 Å². The van der Waals surface area contributed by atoms with Gasteiger partial charge in [-0.25, -0.2) is 0 Å². The van der Waals surface area contributed by atoms with Gasteiger partial charge in [0, 0.05) is 24.3 Å². The van der Waals surface area contributed by atoms with Crippen LogP contribution in [0.5, 0.6) is 0 Å². The fourth-order valence-corrected chi connectivity index (χ4v) is 2.26. The molecule has 1 rings (SSSR count). The van der Waals surface area contributed by atoms with Crippen LogP contribution in [0.25, 0.3) is 0 Å². The van der Waals surface area contributed by atoms with Crippen molar-refractivity contribution >= 4 is 11.4 Å². The van der Waals surface area contributed by atoms with E-state index in [1.54, 1.807) is 9.80 Å². The molecule has 0 heterocycles. The molecule has 90 valence electrons. The van der Waals surface area contributed by atoms with E-state index in [4.69, 9.17) is 0 Å². The molecule has 2 nitrogen and oxygen atoms in total. The third-order valence-corrected chi connectivity index (χ3v) is 3.41. The molecule has 1 aromatic carbocycles. The van der Waals surface area contributed by atoms with Crippen molar-refractivity contribution in [3.05, 3.63) is 24.3 Å². The first kappa shape index (κ1) is 13.2. The highest BCUT2D eigenvalue weighted by Gasteiger charge is 2.10. The van der Waals surface area contributed by atoms with Crippen LogP contribution >= 0.6 is 0 Å². The van der Waals surface area contributed by atoms with Gasteiger partial charge in [0.15, 0.2) is 0 Å². The zero-order valence-electron chi connectivity index (χ0n) is 11.1. The summed E-state index contributed by atoms with van der Waals surface area (Å²) in [5, 5.41) is 0. The molecular formula is C14H26N2+2. The lowest BCUT2D eigenvalue weighted by Gasteiger charge is -2.17. The molecule has 0 aliphatic carbocycles. The molecule has 0 unspecified atom stereocenters. The summed E-state index contributed by atoms with van der Waals surface area (Å²) < 4.78 is 0. The number of benzene rings is 1. The summed E-state index contributed by atoms with van der Waals surface area (Å²) in [7, 11) is 0. The molecule has 0 fully saturated rings. The summed E-state index contributed by atoms with van der Waals surface area (Å²) in [5.74, 6) is 0. The normalized spacial score (nSPS) is 11.4. The lowest BCUT2D eigenvalue weighted by Crippen LogP contribution is -3.07. The van der Waals surface area contributed by atoms with Crippen LogP contribution in [0.1, 0.15) is 27.7 Å². The lowest BCUT2D eigenvalue weighted by molar-refractivity contribution is -0.831. The van der Waals surface area contributed by atoms with Crippen molar-refractivity contribution in [1.29, 1.82) is 0 Å². The van der Waals surface area contributed by atoms with Crippen LogP contribution in [-0.2, 0) is 0 Å². The van der Waals surface area contributed by atoms with E-state index >= 15 is 0 Å². The second-order valence-corrected chi connectivity index (χ2v) is 4.20. The minimum Gasteiger partial charge on any atom is -0.303 e. The zero-order valence-corrected chi connectivity index (χ0v) is 11.1. The summed E-state index contributed by atoms with van der Waals surface area (Å²) in [6.07, 6.45) is 0. The van der Waals surface area contributed by atoms with E-state index in [1.807, 2.05) is 0 Å². The van der Waals surface area contributed by atoms with Gasteiger partial charge in [-0.3, -0.25) is 0 Å². The fourth-order valence-electron chi connectivity index (χ4n) is 2.26. The van der Waals surface area contributed by atoms with Gasteiger partial charge in [-0.1, -0.05) is 0 Å². The summed E-state index contributed by atoms with van der Waals surface area (Å²) in [5.41, 5.74) is 2.83. The molecule has 0 bridgehead atoms. The minimum atomic E-state index is 1.16. The molecule has 16 heavy (non-hydrogen) atoms. The molecule has 1 aromatic rings. The van der Waals surface area contributed by atoms with Crippen molar-refractivity contribution in [2.75, 3.05) is 26.2 Å². The molecule has 0 radical (unpaired) electrons. The Labute approximate surface area is 99.9 Å². The first-order valence-electron chi connectivity index (χ1n) is 6.56. The maximum Gasteiger partial charge on any atom is 0.131 e. The van der Waals surface area contributed by atoms with E-state index < -0.39 is 0 Å². The third-order valence-electron chi connectivity index (χ3n) is 3.41. The highest BCUT2D eigenvalue weighted by molar-refractivity contribution is 5.39. The van der Waals surface area contributed by atoms with Gasteiger partial charge in [0.2, 0.25) is 0 Å². The number of nitrogens with one attached hydrogen (secondary N) is 2. The average molecular weight is 222 g/mol. The van der Waals surface area contributed by atoms with Crippen molar-refractivity contribution in [3.63, 3.8) is 0 Å². The Morgan fingerprint density at radius 2 is 0.875 bits per heavy atom. The minimum absolute atomic E-state index is 1.16. The molecule has 0 aliphatic heterocycles. The summed E-state index contributed by atoms with van der Waals surface area (Å²) in [6, 6.07) is 9.12. The standard InChI is InChI=1S/C14H24N2/c1-5-15(6-2)13-9-11-14(12-10-13)16(7-3)8-4/h9-12H,5-8H2,1-4H3/p+2. The number of hydrogen-bond donors (Lipinski definition) is 2. The van der Waals surface area contributed by atoms with Gasteiger partial charge in [-0.05, 0) is 27.7 Å². The predicted octanol–water partition coefficient (Wildman–Crippen LogP) is 0.799. The molecule has 0 atom stereocenters. The van der Waals surface area contributed by atoms with Gasteiger partial charge in [0.25, 0.3) is 0 Å². The van der Waals surface area contributed by atoms with E-state index in [-0.39, 0.29) is 0 Å². The smallest absolute Gasteiger partial charge is 0.131 e. The van der Waals surface area contributed by atoms with Crippen molar-refractivity contribution in [3.8, 4) is 0 Å². The summed E-state index contributed by atoms with van der Waals surface area (Å²) >= 11 is 0.